The summed E-state index contributed by atoms with van der Waals surface area (Å²) in [5.41, 5.74) is 2.41. The Labute approximate surface area is 136 Å². The molecule has 110 valence electrons. The number of ether oxygens (including phenoxy) is 1. The quantitative estimate of drug-likeness (QED) is 0.663. The monoisotopic (exact) mass is 356 g/mol. The molecular formula is C17H13BrN2O2. The maximum atomic E-state index is 12.0. The summed E-state index contributed by atoms with van der Waals surface area (Å²) in [6.07, 6.45) is 3.61. The largest absolute Gasteiger partial charge is 0.457 e. The fourth-order valence-electron chi connectivity index (χ4n) is 2.02. The summed E-state index contributed by atoms with van der Waals surface area (Å²) in [4.78, 5) is 12.0. The lowest BCUT2D eigenvalue weighted by molar-refractivity contribution is 0.0471. The number of carbonyl (C=O) groups excluding carboxylic acids is 1. The molecule has 22 heavy (non-hydrogen) atoms. The standard InChI is InChI=1S/C17H13BrN2O2/c18-16-5-2-1-4-15(16)17(21)22-12-13-6-8-14(9-7-13)20-11-3-10-19-20/h1-11H,12H2. The first-order valence-electron chi connectivity index (χ1n) is 6.74. The van der Waals surface area contributed by atoms with E-state index >= 15 is 0 Å². The topological polar surface area (TPSA) is 44.1 Å². The van der Waals surface area contributed by atoms with Crippen molar-refractivity contribution in [2.24, 2.45) is 0 Å². The Morgan fingerprint density at radius 1 is 1.09 bits per heavy atom. The summed E-state index contributed by atoms with van der Waals surface area (Å²) in [6, 6.07) is 16.8. The first kappa shape index (κ1) is 14.5. The summed E-state index contributed by atoms with van der Waals surface area (Å²) in [6.45, 7) is 0.236. The number of aromatic nitrogens is 2. The van der Waals surface area contributed by atoms with Crippen LogP contribution in [-0.4, -0.2) is 15.7 Å². The zero-order chi connectivity index (χ0) is 15.4. The molecule has 0 radical (unpaired) electrons. The average molecular weight is 357 g/mol. The number of carbonyl (C=O) groups is 1. The molecule has 0 N–H and O–H groups in total. The molecule has 1 aromatic heterocycles. The van der Waals surface area contributed by atoms with Crippen molar-refractivity contribution in [2.75, 3.05) is 0 Å². The lowest BCUT2D eigenvalue weighted by atomic mass is 10.2. The van der Waals surface area contributed by atoms with E-state index in [0.717, 1.165) is 15.7 Å². The van der Waals surface area contributed by atoms with Gasteiger partial charge in [0.05, 0.1) is 11.3 Å². The first-order valence-corrected chi connectivity index (χ1v) is 7.54. The van der Waals surface area contributed by atoms with Gasteiger partial charge in [0.15, 0.2) is 0 Å². The zero-order valence-electron chi connectivity index (χ0n) is 11.6. The predicted octanol–water partition coefficient (Wildman–Crippen LogP) is 3.99. The van der Waals surface area contributed by atoms with Crippen LogP contribution in [0.2, 0.25) is 0 Å². The summed E-state index contributed by atoms with van der Waals surface area (Å²) < 4.78 is 7.84. The third-order valence-corrected chi connectivity index (χ3v) is 3.86. The van der Waals surface area contributed by atoms with Crippen LogP contribution in [0, 0.1) is 0 Å². The van der Waals surface area contributed by atoms with Crippen molar-refractivity contribution in [3.05, 3.63) is 82.6 Å². The first-order chi connectivity index (χ1) is 10.7. The highest BCUT2D eigenvalue weighted by Crippen LogP contribution is 2.17. The molecule has 0 saturated heterocycles. The van der Waals surface area contributed by atoms with Crippen LogP contribution in [0.15, 0.2) is 71.5 Å². The van der Waals surface area contributed by atoms with Crippen LogP contribution in [0.3, 0.4) is 0 Å². The van der Waals surface area contributed by atoms with E-state index in [1.54, 1.807) is 23.0 Å². The second kappa shape index (κ2) is 6.58. The van der Waals surface area contributed by atoms with Gasteiger partial charge >= 0.3 is 5.97 Å². The molecule has 5 heteroatoms. The molecule has 0 aliphatic carbocycles. The van der Waals surface area contributed by atoms with Gasteiger partial charge in [0.1, 0.15) is 6.61 Å². The molecule has 3 rings (SSSR count). The Hall–Kier alpha value is -2.40. The molecule has 0 fully saturated rings. The molecule has 0 aliphatic rings. The van der Waals surface area contributed by atoms with Gasteiger partial charge in [0.2, 0.25) is 0 Å². The van der Waals surface area contributed by atoms with Crippen molar-refractivity contribution < 1.29 is 9.53 Å². The van der Waals surface area contributed by atoms with E-state index < -0.39 is 0 Å². The number of hydrogen-bond acceptors (Lipinski definition) is 3. The predicted molar refractivity (Wildman–Crippen MR) is 86.8 cm³/mol. The van der Waals surface area contributed by atoms with E-state index in [4.69, 9.17) is 4.74 Å². The van der Waals surface area contributed by atoms with Gasteiger partial charge in [-0.15, -0.1) is 0 Å². The smallest absolute Gasteiger partial charge is 0.339 e. The lowest BCUT2D eigenvalue weighted by Crippen LogP contribution is -2.06. The molecular weight excluding hydrogens is 344 g/mol. The third kappa shape index (κ3) is 3.26. The van der Waals surface area contributed by atoms with Crippen LogP contribution < -0.4 is 0 Å². The molecule has 0 unspecified atom stereocenters. The molecule has 0 bridgehead atoms. The van der Waals surface area contributed by atoms with Gasteiger partial charge < -0.3 is 4.74 Å². The Kier molecular flexibility index (Phi) is 4.34. The van der Waals surface area contributed by atoms with Gasteiger partial charge in [-0.05, 0) is 51.8 Å². The Balaban J connectivity index is 1.64. The zero-order valence-corrected chi connectivity index (χ0v) is 13.2. The van der Waals surface area contributed by atoms with E-state index in [0.29, 0.717) is 5.56 Å². The number of hydrogen-bond donors (Lipinski definition) is 0. The van der Waals surface area contributed by atoms with Crippen molar-refractivity contribution in [3.63, 3.8) is 0 Å². The fraction of sp³-hybridized carbons (Fsp3) is 0.0588. The second-order valence-electron chi connectivity index (χ2n) is 4.67. The number of nitrogens with zero attached hydrogens (tertiary/aromatic N) is 2. The maximum Gasteiger partial charge on any atom is 0.339 e. The maximum absolute atomic E-state index is 12.0. The van der Waals surface area contributed by atoms with Crippen LogP contribution >= 0.6 is 15.9 Å². The van der Waals surface area contributed by atoms with Gasteiger partial charge in [0.25, 0.3) is 0 Å². The number of rotatable bonds is 4. The minimum atomic E-state index is -0.344. The minimum absolute atomic E-state index is 0.236. The molecule has 0 amide bonds. The lowest BCUT2D eigenvalue weighted by Gasteiger charge is -2.07. The minimum Gasteiger partial charge on any atom is -0.457 e. The summed E-state index contributed by atoms with van der Waals surface area (Å²) in [7, 11) is 0. The Morgan fingerprint density at radius 3 is 2.55 bits per heavy atom. The molecule has 0 aliphatic heterocycles. The second-order valence-corrected chi connectivity index (χ2v) is 5.53. The van der Waals surface area contributed by atoms with Crippen molar-refractivity contribution in [3.8, 4) is 5.69 Å². The fourth-order valence-corrected chi connectivity index (χ4v) is 2.47. The van der Waals surface area contributed by atoms with Crippen LogP contribution in [0.4, 0.5) is 0 Å². The summed E-state index contributed by atoms with van der Waals surface area (Å²) in [5.74, 6) is -0.344. The number of benzene rings is 2. The van der Waals surface area contributed by atoms with E-state index in [2.05, 4.69) is 21.0 Å². The van der Waals surface area contributed by atoms with Gasteiger partial charge in [-0.3, -0.25) is 0 Å². The SMILES string of the molecule is O=C(OCc1ccc(-n2cccn2)cc1)c1ccccc1Br. The van der Waals surface area contributed by atoms with E-state index in [9.17, 15) is 4.79 Å². The summed E-state index contributed by atoms with van der Waals surface area (Å²) in [5, 5.41) is 4.17. The van der Waals surface area contributed by atoms with E-state index in [1.807, 2.05) is 48.7 Å². The molecule has 4 nitrogen and oxygen atoms in total. The molecule has 0 atom stereocenters. The van der Waals surface area contributed by atoms with Gasteiger partial charge in [-0.2, -0.15) is 5.10 Å². The van der Waals surface area contributed by atoms with Gasteiger partial charge in [-0.1, -0.05) is 24.3 Å². The molecule has 0 saturated carbocycles. The third-order valence-electron chi connectivity index (χ3n) is 3.17. The molecule has 1 heterocycles. The van der Waals surface area contributed by atoms with E-state index in [-0.39, 0.29) is 12.6 Å². The van der Waals surface area contributed by atoms with Crippen LogP contribution in [0.25, 0.3) is 5.69 Å². The normalized spacial score (nSPS) is 10.4. The Bertz CT molecular complexity index is 768. The number of esters is 1. The molecule has 0 spiro atoms. The summed E-state index contributed by atoms with van der Waals surface area (Å²) >= 11 is 3.34. The van der Waals surface area contributed by atoms with Crippen molar-refractivity contribution in [1.82, 2.24) is 9.78 Å². The Morgan fingerprint density at radius 2 is 1.86 bits per heavy atom. The molecule has 3 aromatic rings. The van der Waals surface area contributed by atoms with Crippen molar-refractivity contribution >= 4 is 21.9 Å². The van der Waals surface area contributed by atoms with Crippen LogP contribution in [-0.2, 0) is 11.3 Å². The van der Waals surface area contributed by atoms with Crippen LogP contribution in [0.5, 0.6) is 0 Å². The van der Waals surface area contributed by atoms with Gasteiger partial charge in [-0.25, -0.2) is 9.48 Å². The van der Waals surface area contributed by atoms with Gasteiger partial charge in [0, 0.05) is 16.9 Å². The highest BCUT2D eigenvalue weighted by atomic mass is 79.9. The highest BCUT2D eigenvalue weighted by molar-refractivity contribution is 9.10. The van der Waals surface area contributed by atoms with Crippen LogP contribution in [0.1, 0.15) is 15.9 Å². The highest BCUT2D eigenvalue weighted by Gasteiger charge is 2.10. The van der Waals surface area contributed by atoms with E-state index in [1.165, 1.54) is 0 Å². The average Bonchev–Trinajstić information content (AvgIpc) is 3.08. The number of halogens is 1. The molecule has 2 aromatic carbocycles. The van der Waals surface area contributed by atoms with Crippen molar-refractivity contribution in [2.45, 2.75) is 6.61 Å². The van der Waals surface area contributed by atoms with Crippen molar-refractivity contribution in [1.29, 1.82) is 0 Å².